The fraction of sp³-hybridized carbons (Fsp3) is 0.533. The summed E-state index contributed by atoms with van der Waals surface area (Å²) >= 11 is 0. The zero-order valence-electron chi connectivity index (χ0n) is 12.9. The number of ether oxygens (including phenoxy) is 2. The first kappa shape index (κ1) is 16.3. The van der Waals surface area contributed by atoms with Crippen molar-refractivity contribution in [1.82, 2.24) is 10.2 Å². The van der Waals surface area contributed by atoms with Gasteiger partial charge in [0.1, 0.15) is 0 Å². The van der Waals surface area contributed by atoms with Gasteiger partial charge in [-0.25, -0.2) is 0 Å². The lowest BCUT2D eigenvalue weighted by atomic mass is 10.0. The van der Waals surface area contributed by atoms with E-state index in [1.54, 1.807) is 14.2 Å². The molecule has 1 aromatic rings. The van der Waals surface area contributed by atoms with Gasteiger partial charge in [0.05, 0.1) is 19.8 Å². The van der Waals surface area contributed by atoms with Crippen molar-refractivity contribution in [2.75, 3.05) is 41.4 Å². The lowest BCUT2D eigenvalue weighted by Gasteiger charge is -2.17. The van der Waals surface area contributed by atoms with E-state index in [1.807, 2.05) is 33.2 Å². The van der Waals surface area contributed by atoms with E-state index >= 15 is 0 Å². The van der Waals surface area contributed by atoms with Crippen LogP contribution in [0.1, 0.15) is 22.8 Å². The average molecular weight is 280 g/mol. The predicted octanol–water partition coefficient (Wildman–Crippen LogP) is 1.56. The van der Waals surface area contributed by atoms with Gasteiger partial charge >= 0.3 is 0 Å². The standard InChI is InChI=1S/C15H24N2O3/c1-6-16-15(18)13-11(9-10-17(2)3)7-8-12(19-4)14(13)20-5/h7-8H,6,9-10H2,1-5H3,(H,16,18). The molecule has 1 amide bonds. The Morgan fingerprint density at radius 1 is 1.25 bits per heavy atom. The lowest BCUT2D eigenvalue weighted by molar-refractivity contribution is 0.0951. The van der Waals surface area contributed by atoms with Gasteiger partial charge in [0.15, 0.2) is 11.5 Å². The van der Waals surface area contributed by atoms with E-state index in [0.29, 0.717) is 23.6 Å². The zero-order valence-corrected chi connectivity index (χ0v) is 12.9. The number of methoxy groups -OCH3 is 2. The molecule has 0 aliphatic carbocycles. The first-order valence-corrected chi connectivity index (χ1v) is 6.71. The van der Waals surface area contributed by atoms with Gasteiger partial charge in [-0.15, -0.1) is 0 Å². The van der Waals surface area contributed by atoms with Crippen molar-refractivity contribution in [3.05, 3.63) is 23.3 Å². The second-order valence-electron chi connectivity index (χ2n) is 4.75. The van der Waals surface area contributed by atoms with Crippen LogP contribution in [0.4, 0.5) is 0 Å². The summed E-state index contributed by atoms with van der Waals surface area (Å²) in [5.41, 5.74) is 1.53. The average Bonchev–Trinajstić information content (AvgIpc) is 2.43. The maximum atomic E-state index is 12.3. The normalized spacial score (nSPS) is 10.5. The first-order valence-electron chi connectivity index (χ1n) is 6.71. The molecule has 0 aliphatic rings. The second kappa shape index (κ2) is 7.75. The van der Waals surface area contributed by atoms with Crippen molar-refractivity contribution < 1.29 is 14.3 Å². The number of hydrogen-bond donors (Lipinski definition) is 1. The molecule has 0 saturated heterocycles. The molecule has 1 rings (SSSR count). The number of nitrogens with zero attached hydrogens (tertiary/aromatic N) is 1. The van der Waals surface area contributed by atoms with Crippen LogP contribution in [-0.2, 0) is 6.42 Å². The van der Waals surface area contributed by atoms with Crippen LogP contribution in [0.3, 0.4) is 0 Å². The zero-order chi connectivity index (χ0) is 15.1. The number of likely N-dealkylation sites (N-methyl/N-ethyl adjacent to an activating group) is 1. The molecule has 112 valence electrons. The summed E-state index contributed by atoms with van der Waals surface area (Å²) in [4.78, 5) is 14.4. The lowest BCUT2D eigenvalue weighted by Crippen LogP contribution is -2.26. The van der Waals surface area contributed by atoms with E-state index in [0.717, 1.165) is 18.5 Å². The molecule has 0 unspecified atom stereocenters. The molecule has 1 aromatic carbocycles. The summed E-state index contributed by atoms with van der Waals surface area (Å²) in [6.45, 7) is 3.33. The Kier molecular flexibility index (Phi) is 6.31. The quantitative estimate of drug-likeness (QED) is 0.823. The van der Waals surface area contributed by atoms with Gasteiger partial charge in [-0.3, -0.25) is 4.79 Å². The summed E-state index contributed by atoms with van der Waals surface area (Å²) in [5.74, 6) is 0.939. The van der Waals surface area contributed by atoms with E-state index in [-0.39, 0.29) is 5.91 Å². The van der Waals surface area contributed by atoms with Crippen LogP contribution in [0.25, 0.3) is 0 Å². The molecule has 0 atom stereocenters. The van der Waals surface area contributed by atoms with E-state index in [1.165, 1.54) is 0 Å². The Morgan fingerprint density at radius 2 is 1.95 bits per heavy atom. The molecule has 0 saturated carbocycles. The van der Waals surface area contributed by atoms with Gasteiger partial charge in [0.25, 0.3) is 5.91 Å². The number of rotatable bonds is 7. The van der Waals surface area contributed by atoms with Gasteiger partial charge in [0.2, 0.25) is 0 Å². The molecule has 0 heterocycles. The van der Waals surface area contributed by atoms with Crippen molar-refractivity contribution in [3.8, 4) is 11.5 Å². The maximum absolute atomic E-state index is 12.3. The largest absolute Gasteiger partial charge is 0.493 e. The molecule has 1 N–H and O–H groups in total. The minimum atomic E-state index is -0.128. The van der Waals surface area contributed by atoms with Crippen LogP contribution in [-0.4, -0.2) is 52.2 Å². The van der Waals surface area contributed by atoms with Crippen molar-refractivity contribution in [3.63, 3.8) is 0 Å². The molecule has 0 aliphatic heterocycles. The maximum Gasteiger partial charge on any atom is 0.255 e. The first-order chi connectivity index (χ1) is 9.54. The van der Waals surface area contributed by atoms with Gasteiger partial charge in [-0.1, -0.05) is 6.07 Å². The van der Waals surface area contributed by atoms with Gasteiger partial charge in [0, 0.05) is 13.1 Å². The Morgan fingerprint density at radius 3 is 2.45 bits per heavy atom. The Hall–Kier alpha value is -1.75. The SMILES string of the molecule is CCNC(=O)c1c(CCN(C)C)ccc(OC)c1OC. The molecule has 5 heteroatoms. The minimum Gasteiger partial charge on any atom is -0.493 e. The number of carbonyl (C=O) groups is 1. The highest BCUT2D eigenvalue weighted by atomic mass is 16.5. The number of hydrogen-bond acceptors (Lipinski definition) is 4. The molecule has 0 spiro atoms. The number of carbonyl (C=O) groups excluding carboxylic acids is 1. The number of nitrogens with one attached hydrogen (secondary N) is 1. The van der Waals surface area contributed by atoms with E-state index in [4.69, 9.17) is 9.47 Å². The second-order valence-corrected chi connectivity index (χ2v) is 4.75. The van der Waals surface area contributed by atoms with Crippen molar-refractivity contribution in [2.45, 2.75) is 13.3 Å². The van der Waals surface area contributed by atoms with Gasteiger partial charge in [-0.2, -0.15) is 0 Å². The smallest absolute Gasteiger partial charge is 0.255 e. The van der Waals surface area contributed by atoms with Crippen molar-refractivity contribution in [2.24, 2.45) is 0 Å². The minimum absolute atomic E-state index is 0.128. The fourth-order valence-electron chi connectivity index (χ4n) is 2.02. The Labute approximate surface area is 120 Å². The summed E-state index contributed by atoms with van der Waals surface area (Å²) < 4.78 is 10.7. The van der Waals surface area contributed by atoms with Gasteiger partial charge in [-0.05, 0) is 39.1 Å². The van der Waals surface area contributed by atoms with Crippen molar-refractivity contribution in [1.29, 1.82) is 0 Å². The van der Waals surface area contributed by atoms with E-state index < -0.39 is 0 Å². The molecule has 0 bridgehead atoms. The monoisotopic (exact) mass is 280 g/mol. The Balaban J connectivity index is 3.24. The molecule has 0 radical (unpaired) electrons. The van der Waals surface area contributed by atoms with Crippen molar-refractivity contribution >= 4 is 5.91 Å². The molecule has 20 heavy (non-hydrogen) atoms. The number of benzene rings is 1. The number of amides is 1. The van der Waals surface area contributed by atoms with Crippen LogP contribution < -0.4 is 14.8 Å². The van der Waals surface area contributed by atoms with Crippen LogP contribution >= 0.6 is 0 Å². The molecule has 5 nitrogen and oxygen atoms in total. The topological polar surface area (TPSA) is 50.8 Å². The van der Waals surface area contributed by atoms with E-state index in [2.05, 4.69) is 10.2 Å². The third-order valence-corrected chi connectivity index (χ3v) is 3.02. The van der Waals surface area contributed by atoms with Crippen LogP contribution in [0.15, 0.2) is 12.1 Å². The van der Waals surface area contributed by atoms with Crippen LogP contribution in [0.2, 0.25) is 0 Å². The summed E-state index contributed by atoms with van der Waals surface area (Å²) in [7, 11) is 7.13. The predicted molar refractivity (Wildman–Crippen MR) is 79.8 cm³/mol. The third-order valence-electron chi connectivity index (χ3n) is 3.02. The molecule has 0 aromatic heterocycles. The van der Waals surface area contributed by atoms with Gasteiger partial charge < -0.3 is 19.7 Å². The summed E-state index contributed by atoms with van der Waals surface area (Å²) in [6, 6.07) is 3.77. The summed E-state index contributed by atoms with van der Waals surface area (Å²) in [6.07, 6.45) is 0.778. The van der Waals surface area contributed by atoms with E-state index in [9.17, 15) is 4.79 Å². The third kappa shape index (κ3) is 3.87. The highest BCUT2D eigenvalue weighted by Crippen LogP contribution is 2.33. The van der Waals surface area contributed by atoms with Crippen LogP contribution in [0, 0.1) is 0 Å². The molecular weight excluding hydrogens is 256 g/mol. The van der Waals surface area contributed by atoms with Crippen LogP contribution in [0.5, 0.6) is 11.5 Å². The summed E-state index contributed by atoms with van der Waals surface area (Å²) in [5, 5.41) is 2.83. The fourth-order valence-corrected chi connectivity index (χ4v) is 2.02. The highest BCUT2D eigenvalue weighted by molar-refractivity contribution is 5.99. The molecule has 0 fully saturated rings. The molecular formula is C15H24N2O3. The Bertz CT molecular complexity index is 459. The highest BCUT2D eigenvalue weighted by Gasteiger charge is 2.20.